The first-order valence-electron chi connectivity index (χ1n) is 12.4. The summed E-state index contributed by atoms with van der Waals surface area (Å²) in [5.41, 5.74) is 0.937. The predicted molar refractivity (Wildman–Crippen MR) is 154 cm³/mol. The van der Waals surface area contributed by atoms with Gasteiger partial charge in [-0.25, -0.2) is 9.37 Å². The zero-order valence-electron chi connectivity index (χ0n) is 20.6. The highest BCUT2D eigenvalue weighted by Gasteiger charge is 2.23. The molecule has 1 aliphatic rings. The Hall–Kier alpha value is -3.44. The van der Waals surface area contributed by atoms with Gasteiger partial charge in [-0.1, -0.05) is 47.3 Å². The fourth-order valence-electron chi connectivity index (χ4n) is 4.76. The van der Waals surface area contributed by atoms with Crippen LogP contribution in [0.4, 0.5) is 10.1 Å². The third-order valence-electron chi connectivity index (χ3n) is 6.64. The highest BCUT2D eigenvalue weighted by molar-refractivity contribution is 9.10. The molecule has 0 unspecified atom stereocenters. The number of hydrogen-bond donors (Lipinski definition) is 0. The summed E-state index contributed by atoms with van der Waals surface area (Å²) in [5, 5.41) is 16.8. The SMILES string of the molecule is O=c1c2cc(Br)ccc2nc(C2CCCCC2)n1N=Cc1cc(Br)c(OCc2cccc(F)c2)c([N+](=O)[O-])c1. The molecular formula is C28H23Br2FN4O4. The molecule has 0 saturated heterocycles. The van der Waals surface area contributed by atoms with E-state index in [0.29, 0.717) is 32.3 Å². The number of rotatable bonds is 7. The first-order chi connectivity index (χ1) is 18.8. The number of nitro benzene ring substituents is 1. The van der Waals surface area contributed by atoms with E-state index in [1.807, 2.05) is 12.1 Å². The molecule has 1 saturated carbocycles. The van der Waals surface area contributed by atoms with Crippen LogP contribution in [0, 0.1) is 15.9 Å². The molecule has 0 bridgehead atoms. The van der Waals surface area contributed by atoms with Crippen molar-refractivity contribution in [2.24, 2.45) is 5.10 Å². The van der Waals surface area contributed by atoms with Gasteiger partial charge in [-0.2, -0.15) is 9.78 Å². The molecule has 200 valence electrons. The molecule has 0 spiro atoms. The molecule has 1 heterocycles. The molecule has 1 aliphatic carbocycles. The fourth-order valence-corrected chi connectivity index (χ4v) is 5.70. The topological polar surface area (TPSA) is 99.6 Å². The van der Waals surface area contributed by atoms with Gasteiger partial charge in [-0.3, -0.25) is 14.9 Å². The van der Waals surface area contributed by atoms with Crippen LogP contribution in [0.1, 0.15) is 55.0 Å². The molecule has 39 heavy (non-hydrogen) atoms. The molecule has 0 radical (unpaired) electrons. The van der Waals surface area contributed by atoms with Crippen molar-refractivity contribution in [3.8, 4) is 5.75 Å². The average molecular weight is 658 g/mol. The van der Waals surface area contributed by atoms with E-state index >= 15 is 0 Å². The smallest absolute Gasteiger partial charge is 0.312 e. The maximum absolute atomic E-state index is 13.5. The van der Waals surface area contributed by atoms with E-state index in [9.17, 15) is 19.3 Å². The first-order valence-corrected chi connectivity index (χ1v) is 14.0. The number of nitro groups is 1. The summed E-state index contributed by atoms with van der Waals surface area (Å²) in [6.07, 6.45) is 6.50. The van der Waals surface area contributed by atoms with Crippen molar-refractivity contribution in [1.82, 2.24) is 9.66 Å². The van der Waals surface area contributed by atoms with Crippen molar-refractivity contribution < 1.29 is 14.1 Å². The van der Waals surface area contributed by atoms with Gasteiger partial charge in [-0.15, -0.1) is 0 Å². The van der Waals surface area contributed by atoms with Gasteiger partial charge in [0, 0.05) is 22.0 Å². The quantitative estimate of drug-likeness (QED) is 0.117. The summed E-state index contributed by atoms with van der Waals surface area (Å²) >= 11 is 6.78. The molecule has 0 aliphatic heterocycles. The summed E-state index contributed by atoms with van der Waals surface area (Å²) in [6, 6.07) is 14.1. The van der Waals surface area contributed by atoms with Crippen LogP contribution in [0.2, 0.25) is 0 Å². The van der Waals surface area contributed by atoms with Gasteiger partial charge in [0.25, 0.3) is 5.56 Å². The van der Waals surface area contributed by atoms with E-state index in [-0.39, 0.29) is 29.5 Å². The number of halogens is 3. The summed E-state index contributed by atoms with van der Waals surface area (Å²) < 4.78 is 21.6. The largest absolute Gasteiger partial charge is 0.481 e. The molecule has 0 N–H and O–H groups in total. The van der Waals surface area contributed by atoms with Gasteiger partial charge in [0.05, 0.1) is 26.5 Å². The molecular weight excluding hydrogens is 635 g/mol. The Morgan fingerprint density at radius 1 is 1.13 bits per heavy atom. The van der Waals surface area contributed by atoms with Gasteiger partial charge >= 0.3 is 5.69 Å². The van der Waals surface area contributed by atoms with Crippen LogP contribution in [0.3, 0.4) is 0 Å². The summed E-state index contributed by atoms with van der Waals surface area (Å²) in [4.78, 5) is 29.7. The maximum atomic E-state index is 13.5. The Bertz CT molecular complexity index is 1650. The number of fused-ring (bicyclic) bond motifs is 1. The normalized spacial score (nSPS) is 14.2. The summed E-state index contributed by atoms with van der Waals surface area (Å²) in [5.74, 6) is 0.277. The zero-order valence-corrected chi connectivity index (χ0v) is 23.8. The van der Waals surface area contributed by atoms with Gasteiger partial charge in [0.1, 0.15) is 18.2 Å². The molecule has 5 rings (SSSR count). The average Bonchev–Trinajstić information content (AvgIpc) is 2.92. The lowest BCUT2D eigenvalue weighted by Crippen LogP contribution is -2.25. The Morgan fingerprint density at radius 3 is 2.67 bits per heavy atom. The van der Waals surface area contributed by atoms with Crippen molar-refractivity contribution >= 4 is 54.7 Å². The predicted octanol–water partition coefficient (Wildman–Crippen LogP) is 7.48. The van der Waals surface area contributed by atoms with Crippen LogP contribution in [0.25, 0.3) is 10.9 Å². The van der Waals surface area contributed by atoms with Gasteiger partial charge < -0.3 is 4.74 Å². The van der Waals surface area contributed by atoms with Crippen LogP contribution in [0.15, 0.2) is 73.4 Å². The molecule has 8 nitrogen and oxygen atoms in total. The Balaban J connectivity index is 1.52. The second kappa shape index (κ2) is 11.7. The second-order valence-electron chi connectivity index (χ2n) is 9.35. The molecule has 1 aromatic heterocycles. The number of aromatic nitrogens is 2. The zero-order chi connectivity index (χ0) is 27.5. The molecule has 0 atom stereocenters. The third kappa shape index (κ3) is 6.09. The fraction of sp³-hybridized carbons (Fsp3) is 0.250. The van der Waals surface area contributed by atoms with Crippen LogP contribution in [-0.4, -0.2) is 20.8 Å². The summed E-state index contributed by atoms with van der Waals surface area (Å²) in [7, 11) is 0. The Morgan fingerprint density at radius 2 is 1.92 bits per heavy atom. The van der Waals surface area contributed by atoms with Gasteiger partial charge in [-0.05, 0) is 70.7 Å². The van der Waals surface area contributed by atoms with E-state index in [1.54, 1.807) is 24.3 Å². The molecule has 11 heteroatoms. The number of ether oxygens (including phenoxy) is 1. The molecule has 3 aromatic carbocycles. The lowest BCUT2D eigenvalue weighted by molar-refractivity contribution is -0.386. The Kier molecular flexibility index (Phi) is 8.18. The third-order valence-corrected chi connectivity index (χ3v) is 7.72. The van der Waals surface area contributed by atoms with Crippen LogP contribution < -0.4 is 10.3 Å². The monoisotopic (exact) mass is 656 g/mol. The number of benzene rings is 3. The van der Waals surface area contributed by atoms with E-state index < -0.39 is 10.7 Å². The van der Waals surface area contributed by atoms with Crippen LogP contribution >= 0.6 is 31.9 Å². The summed E-state index contributed by atoms with van der Waals surface area (Å²) in [6.45, 7) is -0.0525. The minimum Gasteiger partial charge on any atom is -0.481 e. The van der Waals surface area contributed by atoms with Gasteiger partial charge in [0.15, 0.2) is 0 Å². The lowest BCUT2D eigenvalue weighted by atomic mass is 9.88. The van der Waals surface area contributed by atoms with E-state index in [1.165, 1.54) is 29.1 Å². The number of nitrogens with zero attached hydrogens (tertiary/aromatic N) is 4. The van der Waals surface area contributed by atoms with Crippen molar-refractivity contribution in [3.05, 3.63) is 107 Å². The first kappa shape index (κ1) is 27.1. The van der Waals surface area contributed by atoms with Crippen LogP contribution in [-0.2, 0) is 6.61 Å². The maximum Gasteiger partial charge on any atom is 0.312 e. The van der Waals surface area contributed by atoms with E-state index in [0.717, 1.165) is 36.6 Å². The minimum absolute atomic E-state index is 0.0127. The van der Waals surface area contributed by atoms with Crippen LogP contribution in [0.5, 0.6) is 5.75 Å². The van der Waals surface area contributed by atoms with E-state index in [2.05, 4.69) is 37.0 Å². The second-order valence-corrected chi connectivity index (χ2v) is 11.1. The van der Waals surface area contributed by atoms with Crippen molar-refractivity contribution in [2.75, 3.05) is 0 Å². The molecule has 4 aromatic rings. The minimum atomic E-state index is -0.558. The highest BCUT2D eigenvalue weighted by atomic mass is 79.9. The van der Waals surface area contributed by atoms with E-state index in [4.69, 9.17) is 9.72 Å². The highest BCUT2D eigenvalue weighted by Crippen LogP contribution is 2.37. The van der Waals surface area contributed by atoms with Crippen molar-refractivity contribution in [3.63, 3.8) is 0 Å². The van der Waals surface area contributed by atoms with Crippen molar-refractivity contribution in [1.29, 1.82) is 0 Å². The Labute approximate surface area is 239 Å². The standard InChI is InChI=1S/C28H23Br2FN4O4/c29-20-9-10-24-22(14-20)28(36)34(27(33-24)19-6-2-1-3-7-19)32-15-18-12-23(30)26(25(13-18)35(37)38)39-16-17-5-4-8-21(31)11-17/h4-5,8-15,19H,1-3,6-7,16H2. The molecule has 0 amide bonds. The number of hydrogen-bond acceptors (Lipinski definition) is 6. The molecule has 1 fully saturated rings. The van der Waals surface area contributed by atoms with Crippen molar-refractivity contribution in [2.45, 2.75) is 44.6 Å². The van der Waals surface area contributed by atoms with Gasteiger partial charge in [0.2, 0.25) is 5.75 Å². The lowest BCUT2D eigenvalue weighted by Gasteiger charge is -2.22.